The molecule has 5 rings (SSSR count). The third kappa shape index (κ3) is 2.76. The summed E-state index contributed by atoms with van der Waals surface area (Å²) in [6.45, 7) is 6.08. The van der Waals surface area contributed by atoms with Crippen LogP contribution >= 0.6 is 0 Å². The van der Waals surface area contributed by atoms with E-state index in [-0.39, 0.29) is 16.6 Å². The van der Waals surface area contributed by atoms with E-state index < -0.39 is 11.6 Å². The zero-order valence-corrected chi connectivity index (χ0v) is 18.5. The molecule has 0 unspecified atom stereocenters. The molecule has 1 saturated heterocycles. The Hall–Kier alpha value is -1.35. The molecule has 1 heterocycles. The highest BCUT2D eigenvalue weighted by Gasteiger charge is 2.64. The van der Waals surface area contributed by atoms with Gasteiger partial charge in [0.1, 0.15) is 5.60 Å². The predicted molar refractivity (Wildman–Crippen MR) is 111 cm³/mol. The molecule has 0 bridgehead atoms. The third-order valence-electron chi connectivity index (χ3n) is 9.63. The van der Waals surface area contributed by atoms with Gasteiger partial charge in [-0.2, -0.15) is 0 Å². The van der Waals surface area contributed by atoms with E-state index in [0.717, 1.165) is 44.9 Å². The quantitative estimate of drug-likeness (QED) is 0.284. The molecule has 4 aliphatic carbocycles. The van der Waals surface area contributed by atoms with Gasteiger partial charge in [-0.25, -0.2) is 4.79 Å². The lowest BCUT2D eigenvalue weighted by molar-refractivity contribution is -0.186. The maximum absolute atomic E-state index is 11.6. The average molecular weight is 415 g/mol. The molecule has 1 aliphatic heterocycles. The van der Waals surface area contributed by atoms with E-state index in [0.29, 0.717) is 37.4 Å². The van der Waals surface area contributed by atoms with E-state index in [1.165, 1.54) is 12.7 Å². The van der Waals surface area contributed by atoms with Crippen molar-refractivity contribution in [1.82, 2.24) is 0 Å². The largest absolute Gasteiger partial charge is 0.459 e. The van der Waals surface area contributed by atoms with E-state index in [1.807, 2.05) is 0 Å². The maximum Gasteiger partial charge on any atom is 0.384 e. The van der Waals surface area contributed by atoms with Gasteiger partial charge in [-0.15, -0.1) is 0 Å². The van der Waals surface area contributed by atoms with Crippen LogP contribution in [0.15, 0.2) is 11.6 Å². The molecule has 0 aromatic rings. The minimum absolute atomic E-state index is 0.198. The second-order valence-electron chi connectivity index (χ2n) is 10.6. The number of hydrogen-bond acceptors (Lipinski definition) is 5. The molecular weight excluding hydrogens is 380 g/mol. The van der Waals surface area contributed by atoms with E-state index in [1.54, 1.807) is 0 Å². The van der Waals surface area contributed by atoms with Crippen molar-refractivity contribution in [3.05, 3.63) is 11.6 Å². The SMILES string of the molecule is COC(=O)C#C[C@]1(O)CC[C@H]2[C@@H]3CC=C4CC5(CC[C@]4(C)[C@H]3CC[C@@]21C)OCCO5. The number of fused-ring (bicyclic) bond motifs is 5. The number of carbonyl (C=O) groups is 1. The maximum atomic E-state index is 11.6. The van der Waals surface area contributed by atoms with Crippen LogP contribution in [0.4, 0.5) is 0 Å². The Labute approximate surface area is 179 Å². The third-order valence-corrected chi connectivity index (χ3v) is 9.63. The van der Waals surface area contributed by atoms with E-state index in [9.17, 15) is 9.90 Å². The van der Waals surface area contributed by atoms with Crippen LogP contribution in [-0.2, 0) is 19.0 Å². The molecule has 0 amide bonds. The molecule has 4 fully saturated rings. The van der Waals surface area contributed by atoms with Gasteiger partial charge in [0.2, 0.25) is 0 Å². The summed E-state index contributed by atoms with van der Waals surface area (Å²) in [6.07, 6.45) is 10.2. The van der Waals surface area contributed by atoms with Gasteiger partial charge in [0.15, 0.2) is 5.79 Å². The Morgan fingerprint density at radius 3 is 2.60 bits per heavy atom. The molecule has 0 aromatic heterocycles. The summed E-state index contributed by atoms with van der Waals surface area (Å²) >= 11 is 0. The summed E-state index contributed by atoms with van der Waals surface area (Å²) < 4.78 is 16.7. The number of aliphatic hydroxyl groups is 1. The first-order valence-electron chi connectivity index (χ1n) is 11.6. The van der Waals surface area contributed by atoms with E-state index in [2.05, 4.69) is 36.5 Å². The van der Waals surface area contributed by atoms with Crippen molar-refractivity contribution in [1.29, 1.82) is 0 Å². The van der Waals surface area contributed by atoms with Gasteiger partial charge in [-0.3, -0.25) is 0 Å². The second kappa shape index (κ2) is 6.82. The van der Waals surface area contributed by atoms with Crippen LogP contribution in [-0.4, -0.2) is 42.8 Å². The van der Waals surface area contributed by atoms with Crippen molar-refractivity contribution < 1.29 is 24.1 Å². The van der Waals surface area contributed by atoms with Gasteiger partial charge in [0, 0.05) is 24.2 Å². The molecule has 1 N–H and O–H groups in total. The summed E-state index contributed by atoms with van der Waals surface area (Å²) in [4.78, 5) is 11.6. The smallest absolute Gasteiger partial charge is 0.384 e. The highest BCUT2D eigenvalue weighted by molar-refractivity contribution is 5.88. The van der Waals surface area contributed by atoms with Crippen LogP contribution in [0.5, 0.6) is 0 Å². The molecule has 0 radical (unpaired) electrons. The minimum atomic E-state index is -1.11. The summed E-state index contributed by atoms with van der Waals surface area (Å²) in [7, 11) is 1.33. The molecule has 5 nitrogen and oxygen atoms in total. The first-order valence-corrected chi connectivity index (χ1v) is 11.6. The van der Waals surface area contributed by atoms with Crippen molar-refractivity contribution in [3.63, 3.8) is 0 Å². The van der Waals surface area contributed by atoms with Crippen molar-refractivity contribution in [2.45, 2.75) is 76.6 Å². The Morgan fingerprint density at radius 2 is 1.87 bits per heavy atom. The van der Waals surface area contributed by atoms with Gasteiger partial charge in [-0.05, 0) is 61.7 Å². The van der Waals surface area contributed by atoms with E-state index in [4.69, 9.17) is 9.47 Å². The first-order chi connectivity index (χ1) is 14.3. The molecule has 3 saturated carbocycles. The van der Waals surface area contributed by atoms with Gasteiger partial charge >= 0.3 is 5.97 Å². The highest BCUT2D eigenvalue weighted by Crippen LogP contribution is 2.67. The number of ether oxygens (including phenoxy) is 3. The normalized spacial score (nSPS) is 46.1. The van der Waals surface area contributed by atoms with Gasteiger partial charge < -0.3 is 19.3 Å². The van der Waals surface area contributed by atoms with E-state index >= 15 is 0 Å². The Balaban J connectivity index is 1.42. The lowest BCUT2D eigenvalue weighted by Crippen LogP contribution is -2.55. The Morgan fingerprint density at radius 1 is 1.13 bits per heavy atom. The fraction of sp³-hybridized carbons (Fsp3) is 0.800. The number of esters is 1. The summed E-state index contributed by atoms with van der Waals surface area (Å²) in [6, 6.07) is 0. The second-order valence-corrected chi connectivity index (χ2v) is 10.6. The minimum Gasteiger partial charge on any atom is -0.459 e. The van der Waals surface area contributed by atoms with Crippen LogP contribution < -0.4 is 0 Å². The van der Waals surface area contributed by atoms with Crippen LogP contribution in [0.2, 0.25) is 0 Å². The number of carbonyl (C=O) groups excluding carboxylic acids is 1. The molecule has 5 aliphatic rings. The van der Waals surface area contributed by atoms with Crippen molar-refractivity contribution in [2.24, 2.45) is 28.6 Å². The molecular formula is C25H34O5. The van der Waals surface area contributed by atoms with Gasteiger partial charge in [-0.1, -0.05) is 31.4 Å². The molecule has 5 heteroatoms. The first kappa shape index (κ1) is 20.5. The fourth-order valence-corrected chi connectivity index (χ4v) is 7.78. The zero-order chi connectivity index (χ0) is 21.2. The number of rotatable bonds is 0. The Kier molecular flexibility index (Phi) is 4.67. The van der Waals surface area contributed by atoms with Crippen LogP contribution in [0.1, 0.15) is 65.2 Å². The van der Waals surface area contributed by atoms with Gasteiger partial charge in [0.05, 0.1) is 20.3 Å². The zero-order valence-electron chi connectivity index (χ0n) is 18.5. The molecule has 0 aromatic carbocycles. The Bertz CT molecular complexity index is 830. The fourth-order valence-electron chi connectivity index (χ4n) is 7.78. The summed E-state index contributed by atoms with van der Waals surface area (Å²) in [5.41, 5.74) is 0.344. The number of hydrogen-bond donors (Lipinski definition) is 1. The summed E-state index contributed by atoms with van der Waals surface area (Å²) in [5, 5.41) is 11.5. The highest BCUT2D eigenvalue weighted by atomic mass is 16.7. The molecule has 1 spiro atoms. The molecule has 164 valence electrons. The number of methoxy groups -OCH3 is 1. The van der Waals surface area contributed by atoms with Crippen LogP contribution in [0, 0.1) is 40.4 Å². The summed E-state index contributed by atoms with van der Waals surface area (Å²) in [5.74, 6) is 6.12. The van der Waals surface area contributed by atoms with Gasteiger partial charge in [0.25, 0.3) is 0 Å². The van der Waals surface area contributed by atoms with Crippen LogP contribution in [0.25, 0.3) is 0 Å². The predicted octanol–water partition coefficient (Wildman–Crippen LogP) is 3.60. The monoisotopic (exact) mass is 414 g/mol. The molecule has 30 heavy (non-hydrogen) atoms. The lowest BCUT2D eigenvalue weighted by atomic mass is 9.47. The average Bonchev–Trinajstić information content (AvgIpc) is 3.30. The standard InChI is InChI=1S/C25H34O5/c1-22-12-13-25(29-14-15-30-25)16-17(22)4-5-18-19(22)6-9-23(2)20(18)7-10-24(23,27)11-8-21(26)28-3/h4,18-20,27H,5-7,9-10,12-16H2,1-3H3/t18-,19+,20+,22+,23+,24-/m1/s1. The van der Waals surface area contributed by atoms with Crippen molar-refractivity contribution >= 4 is 5.97 Å². The van der Waals surface area contributed by atoms with Crippen LogP contribution in [0.3, 0.4) is 0 Å². The lowest BCUT2D eigenvalue weighted by Gasteiger charge is -2.59. The van der Waals surface area contributed by atoms with Crippen molar-refractivity contribution in [2.75, 3.05) is 20.3 Å². The van der Waals surface area contributed by atoms with Crippen molar-refractivity contribution in [3.8, 4) is 11.8 Å². The molecule has 6 atom stereocenters. The number of allylic oxidation sites excluding steroid dienone is 1. The topological polar surface area (TPSA) is 65.0 Å².